The first-order valence-electron chi connectivity index (χ1n) is 6.53. The summed E-state index contributed by atoms with van der Waals surface area (Å²) < 4.78 is 0. The van der Waals surface area contributed by atoms with Crippen LogP contribution in [0, 0.1) is 12.3 Å². The van der Waals surface area contributed by atoms with Crippen LogP contribution in [-0.4, -0.2) is 0 Å². The molecule has 16 heavy (non-hydrogen) atoms. The molecule has 1 aromatic carbocycles. The molecule has 0 amide bonds. The second-order valence-electron chi connectivity index (χ2n) is 4.72. The van der Waals surface area contributed by atoms with Crippen LogP contribution < -0.4 is 0 Å². The lowest BCUT2D eigenvalue weighted by Crippen LogP contribution is -2.08. The third-order valence-corrected chi connectivity index (χ3v) is 1.86. The van der Waals surface area contributed by atoms with E-state index in [1.807, 2.05) is 27.7 Å². The fourth-order valence-corrected chi connectivity index (χ4v) is 1.32. The molecule has 0 saturated heterocycles. The highest BCUT2D eigenvalue weighted by Gasteiger charge is 2.10. The largest absolute Gasteiger partial charge is 0.0683 e. The molecular weight excluding hydrogens is 192 g/mol. The number of benzene rings is 1. The third-order valence-electron chi connectivity index (χ3n) is 1.86. The Balaban J connectivity index is 0. The summed E-state index contributed by atoms with van der Waals surface area (Å²) in [7, 11) is 0. The number of hydrogen-bond donors (Lipinski definition) is 0. The van der Waals surface area contributed by atoms with Crippen LogP contribution in [0.1, 0.15) is 59.6 Å². The Morgan fingerprint density at radius 2 is 1.19 bits per heavy atom. The Morgan fingerprint density at radius 3 is 1.50 bits per heavy atom. The van der Waals surface area contributed by atoms with Crippen molar-refractivity contribution in [2.45, 2.75) is 61.8 Å². The van der Waals surface area contributed by atoms with Crippen molar-refractivity contribution in [1.29, 1.82) is 0 Å². The minimum atomic E-state index is 0.398. The van der Waals surface area contributed by atoms with Crippen molar-refractivity contribution in [1.82, 2.24) is 0 Å². The van der Waals surface area contributed by atoms with Crippen molar-refractivity contribution in [3.63, 3.8) is 0 Å². The molecule has 0 saturated carbocycles. The fraction of sp³-hybridized carbons (Fsp3) is 0.625. The summed E-state index contributed by atoms with van der Waals surface area (Å²) in [6.07, 6.45) is 1.16. The van der Waals surface area contributed by atoms with Crippen molar-refractivity contribution in [3.05, 3.63) is 35.4 Å². The molecule has 0 radical (unpaired) electrons. The van der Waals surface area contributed by atoms with Crippen molar-refractivity contribution in [2.75, 3.05) is 0 Å². The van der Waals surface area contributed by atoms with Gasteiger partial charge in [-0.2, -0.15) is 0 Å². The summed E-state index contributed by atoms with van der Waals surface area (Å²) in [5, 5.41) is 0. The average Bonchev–Trinajstić information content (AvgIpc) is 2.25. The van der Waals surface area contributed by atoms with Crippen LogP contribution in [0.3, 0.4) is 0 Å². The Bertz CT molecular complexity index is 236. The molecule has 0 fully saturated rings. The lowest BCUT2D eigenvalue weighted by molar-refractivity contribution is 0.411. The second kappa shape index (κ2) is 9.45. The smallest absolute Gasteiger partial charge is 0.0230 e. The van der Waals surface area contributed by atoms with Crippen molar-refractivity contribution in [2.24, 2.45) is 5.41 Å². The Labute approximate surface area is 103 Å². The van der Waals surface area contributed by atoms with Gasteiger partial charge in [-0.05, 0) is 24.3 Å². The Kier molecular flexibility index (Phi) is 10.4. The van der Waals surface area contributed by atoms with E-state index in [0.29, 0.717) is 5.41 Å². The molecule has 0 aromatic heterocycles. The normalized spacial score (nSPS) is 9.50. The SMILES string of the molecule is CC.CC.Cc1ccc(CC(C)(C)C)cc1. The van der Waals surface area contributed by atoms with Gasteiger partial charge in [0.15, 0.2) is 0 Å². The molecule has 0 aliphatic rings. The predicted molar refractivity (Wildman–Crippen MR) is 77.0 cm³/mol. The van der Waals surface area contributed by atoms with Crippen LogP contribution in [-0.2, 0) is 6.42 Å². The van der Waals surface area contributed by atoms with Crippen LogP contribution in [0.4, 0.5) is 0 Å². The van der Waals surface area contributed by atoms with E-state index in [2.05, 4.69) is 52.0 Å². The highest BCUT2D eigenvalue weighted by molar-refractivity contribution is 5.21. The number of hydrogen-bond acceptors (Lipinski definition) is 0. The first-order chi connectivity index (χ1) is 7.47. The van der Waals surface area contributed by atoms with Gasteiger partial charge < -0.3 is 0 Å². The van der Waals surface area contributed by atoms with Gasteiger partial charge in [0.25, 0.3) is 0 Å². The maximum absolute atomic E-state index is 2.27. The maximum atomic E-state index is 2.27. The highest BCUT2D eigenvalue weighted by Crippen LogP contribution is 2.20. The van der Waals surface area contributed by atoms with Gasteiger partial charge in [-0.3, -0.25) is 0 Å². The first-order valence-corrected chi connectivity index (χ1v) is 6.53. The van der Waals surface area contributed by atoms with Crippen LogP contribution in [0.5, 0.6) is 0 Å². The van der Waals surface area contributed by atoms with Crippen LogP contribution in [0.2, 0.25) is 0 Å². The lowest BCUT2D eigenvalue weighted by Gasteiger charge is -2.17. The van der Waals surface area contributed by atoms with E-state index in [1.165, 1.54) is 11.1 Å². The van der Waals surface area contributed by atoms with Gasteiger partial charge in [-0.25, -0.2) is 0 Å². The van der Waals surface area contributed by atoms with Gasteiger partial charge in [0, 0.05) is 0 Å². The van der Waals surface area contributed by atoms with E-state index in [1.54, 1.807) is 0 Å². The number of aryl methyl sites for hydroxylation is 1. The molecule has 0 spiro atoms. The van der Waals surface area contributed by atoms with Gasteiger partial charge in [0.05, 0.1) is 0 Å². The molecule has 0 N–H and O–H groups in total. The summed E-state index contributed by atoms with van der Waals surface area (Å²) in [6, 6.07) is 8.81. The molecule has 0 aliphatic carbocycles. The first kappa shape index (κ1) is 17.6. The molecule has 0 heteroatoms. The maximum Gasteiger partial charge on any atom is -0.0230 e. The molecule has 0 unspecified atom stereocenters. The van der Waals surface area contributed by atoms with Gasteiger partial charge in [0.1, 0.15) is 0 Å². The molecule has 0 bridgehead atoms. The molecule has 0 nitrogen and oxygen atoms in total. The summed E-state index contributed by atoms with van der Waals surface area (Å²) in [5.41, 5.74) is 3.18. The van der Waals surface area contributed by atoms with Crippen molar-refractivity contribution >= 4 is 0 Å². The van der Waals surface area contributed by atoms with Crippen LogP contribution in [0.15, 0.2) is 24.3 Å². The average molecular weight is 222 g/mol. The second-order valence-corrected chi connectivity index (χ2v) is 4.72. The monoisotopic (exact) mass is 222 g/mol. The van der Waals surface area contributed by atoms with E-state index in [9.17, 15) is 0 Å². The minimum Gasteiger partial charge on any atom is -0.0683 e. The van der Waals surface area contributed by atoms with E-state index < -0.39 is 0 Å². The van der Waals surface area contributed by atoms with Gasteiger partial charge in [0.2, 0.25) is 0 Å². The topological polar surface area (TPSA) is 0 Å². The minimum absolute atomic E-state index is 0.398. The highest BCUT2D eigenvalue weighted by atomic mass is 14.1. The molecular formula is C16H30. The van der Waals surface area contributed by atoms with Gasteiger partial charge >= 0.3 is 0 Å². The van der Waals surface area contributed by atoms with Crippen molar-refractivity contribution < 1.29 is 0 Å². The zero-order valence-corrected chi connectivity index (χ0v) is 12.5. The molecule has 1 aromatic rings. The van der Waals surface area contributed by atoms with Gasteiger partial charge in [-0.1, -0.05) is 78.3 Å². The quantitative estimate of drug-likeness (QED) is 0.577. The fourth-order valence-electron chi connectivity index (χ4n) is 1.32. The standard InChI is InChI=1S/C12H18.2C2H6/c1-10-5-7-11(8-6-10)9-12(2,3)4;2*1-2/h5-8H,9H2,1-4H3;2*1-2H3. The van der Waals surface area contributed by atoms with E-state index in [0.717, 1.165) is 6.42 Å². The molecule has 0 aliphatic heterocycles. The molecule has 94 valence electrons. The lowest BCUT2D eigenvalue weighted by atomic mass is 9.88. The zero-order chi connectivity index (χ0) is 13.2. The zero-order valence-electron chi connectivity index (χ0n) is 12.5. The Morgan fingerprint density at radius 1 is 0.812 bits per heavy atom. The predicted octanol–water partition coefficient (Wildman–Crippen LogP) is 5.64. The van der Waals surface area contributed by atoms with E-state index >= 15 is 0 Å². The summed E-state index contributed by atoms with van der Waals surface area (Å²) in [4.78, 5) is 0. The van der Waals surface area contributed by atoms with E-state index in [4.69, 9.17) is 0 Å². The Hall–Kier alpha value is -0.780. The summed E-state index contributed by atoms with van der Waals surface area (Å²) >= 11 is 0. The summed E-state index contributed by atoms with van der Waals surface area (Å²) in [5.74, 6) is 0. The van der Waals surface area contributed by atoms with Gasteiger partial charge in [-0.15, -0.1) is 0 Å². The van der Waals surface area contributed by atoms with Crippen LogP contribution >= 0.6 is 0 Å². The molecule has 0 atom stereocenters. The summed E-state index contributed by atoms with van der Waals surface area (Å²) in [6.45, 7) is 16.9. The van der Waals surface area contributed by atoms with Crippen LogP contribution in [0.25, 0.3) is 0 Å². The molecule has 0 heterocycles. The van der Waals surface area contributed by atoms with Crippen molar-refractivity contribution in [3.8, 4) is 0 Å². The number of rotatable bonds is 1. The third kappa shape index (κ3) is 9.76. The van der Waals surface area contributed by atoms with E-state index in [-0.39, 0.29) is 0 Å². The molecule has 1 rings (SSSR count).